The first-order valence-corrected chi connectivity index (χ1v) is 11.2. The van der Waals surface area contributed by atoms with Gasteiger partial charge in [-0.05, 0) is 36.4 Å². The van der Waals surface area contributed by atoms with Crippen LogP contribution in [-0.2, 0) is 29.5 Å². The van der Waals surface area contributed by atoms with Crippen molar-refractivity contribution in [2.24, 2.45) is 0 Å². The Labute approximate surface area is 167 Å². The summed E-state index contributed by atoms with van der Waals surface area (Å²) in [5.41, 5.74) is 0.174. The van der Waals surface area contributed by atoms with Gasteiger partial charge in [0.2, 0.25) is 20.0 Å². The van der Waals surface area contributed by atoms with Crippen molar-refractivity contribution in [3.63, 3.8) is 0 Å². The Morgan fingerprint density at radius 1 is 0.759 bits per heavy atom. The number of ether oxygens (including phenoxy) is 2. The van der Waals surface area contributed by atoms with E-state index in [0.29, 0.717) is 0 Å². The molecule has 0 saturated heterocycles. The molecule has 0 radical (unpaired) electrons. The van der Waals surface area contributed by atoms with Crippen LogP contribution in [0.2, 0.25) is 0 Å². The van der Waals surface area contributed by atoms with Crippen LogP contribution in [0.4, 0.5) is 11.4 Å². The minimum absolute atomic E-state index is 0.00390. The average Bonchev–Trinajstić information content (AvgIpc) is 2.65. The predicted octanol–water partition coefficient (Wildman–Crippen LogP) is 1.40. The van der Waals surface area contributed by atoms with Gasteiger partial charge in [-0.3, -0.25) is 9.44 Å². The van der Waals surface area contributed by atoms with Gasteiger partial charge in [0.25, 0.3) is 0 Å². The van der Waals surface area contributed by atoms with Gasteiger partial charge in [-0.2, -0.15) is 0 Å². The lowest BCUT2D eigenvalue weighted by Crippen LogP contribution is -2.27. The van der Waals surface area contributed by atoms with Gasteiger partial charge in [0.05, 0.1) is 25.3 Å². The number of benzene rings is 2. The number of sulfonamides is 2. The maximum atomic E-state index is 12.3. The Morgan fingerprint density at radius 2 is 1.14 bits per heavy atom. The zero-order chi connectivity index (χ0) is 21.7. The molecule has 0 aromatic heterocycles. The molecule has 2 aromatic rings. The van der Waals surface area contributed by atoms with Crippen molar-refractivity contribution in [2.45, 2.75) is 0 Å². The van der Waals surface area contributed by atoms with Crippen LogP contribution >= 0.6 is 0 Å². The number of rotatable bonds is 8. The van der Waals surface area contributed by atoms with E-state index >= 15 is 0 Å². The molecule has 0 bridgehead atoms. The zero-order valence-corrected chi connectivity index (χ0v) is 17.0. The molecule has 0 unspecified atom stereocenters. The fourth-order valence-electron chi connectivity index (χ4n) is 2.28. The van der Waals surface area contributed by atoms with Crippen molar-refractivity contribution in [2.75, 3.05) is 28.7 Å². The fourth-order valence-corrected chi connectivity index (χ4v) is 5.35. The Hall–Kier alpha value is -3.12. The summed E-state index contributed by atoms with van der Waals surface area (Å²) in [5, 5.41) is -1.29. The molecule has 0 aliphatic carbocycles. The summed E-state index contributed by atoms with van der Waals surface area (Å²) in [5.74, 6) is -1.35. The number of anilines is 2. The van der Waals surface area contributed by atoms with Gasteiger partial charge in [0.1, 0.15) is 0 Å². The molecular formula is C17H18N2O8S2. The van der Waals surface area contributed by atoms with Crippen LogP contribution in [0, 0.1) is 0 Å². The van der Waals surface area contributed by atoms with E-state index in [4.69, 9.17) is 0 Å². The van der Waals surface area contributed by atoms with Crippen molar-refractivity contribution >= 4 is 43.4 Å². The summed E-state index contributed by atoms with van der Waals surface area (Å²) >= 11 is 0. The van der Waals surface area contributed by atoms with E-state index in [1.807, 2.05) is 0 Å². The number of hydrogen-bond acceptors (Lipinski definition) is 8. The monoisotopic (exact) mass is 442 g/mol. The quantitative estimate of drug-likeness (QED) is 0.584. The van der Waals surface area contributed by atoms with E-state index in [9.17, 15) is 26.4 Å². The molecule has 12 heteroatoms. The Bertz CT molecular complexity index is 1040. The second kappa shape index (κ2) is 8.92. The molecule has 0 spiro atoms. The van der Waals surface area contributed by atoms with Crippen molar-refractivity contribution < 1.29 is 35.9 Å². The third-order valence-electron chi connectivity index (χ3n) is 3.42. The van der Waals surface area contributed by atoms with Crippen molar-refractivity contribution in [3.05, 3.63) is 59.7 Å². The molecule has 156 valence electrons. The predicted molar refractivity (Wildman–Crippen MR) is 106 cm³/mol. The van der Waals surface area contributed by atoms with Crippen LogP contribution in [0.5, 0.6) is 0 Å². The van der Waals surface area contributed by atoms with E-state index in [2.05, 4.69) is 18.9 Å². The highest BCUT2D eigenvalue weighted by Crippen LogP contribution is 2.16. The smallest absolute Gasteiger partial charge is 0.337 e. The number of nitrogens with one attached hydrogen (secondary N) is 2. The summed E-state index contributed by atoms with van der Waals surface area (Å²) < 4.78 is 62.3. The second-order valence-electron chi connectivity index (χ2n) is 5.70. The largest absolute Gasteiger partial charge is 0.465 e. The first kappa shape index (κ1) is 22.2. The lowest BCUT2D eigenvalue weighted by molar-refractivity contribution is 0.0592. The molecule has 0 amide bonds. The first-order chi connectivity index (χ1) is 13.5. The third-order valence-corrected chi connectivity index (χ3v) is 7.00. The molecule has 10 nitrogen and oxygen atoms in total. The Morgan fingerprint density at radius 3 is 1.48 bits per heavy atom. The lowest BCUT2D eigenvalue weighted by atomic mass is 10.2. The molecule has 0 atom stereocenters. The van der Waals surface area contributed by atoms with Crippen LogP contribution in [0.1, 0.15) is 20.7 Å². The zero-order valence-electron chi connectivity index (χ0n) is 15.4. The minimum Gasteiger partial charge on any atom is -0.465 e. The number of esters is 2. The highest BCUT2D eigenvalue weighted by atomic mass is 32.3. The molecular weight excluding hydrogens is 424 g/mol. The van der Waals surface area contributed by atoms with E-state index in [-0.39, 0.29) is 22.5 Å². The topological polar surface area (TPSA) is 145 Å². The Balaban J connectivity index is 2.15. The maximum Gasteiger partial charge on any atom is 0.337 e. The minimum atomic E-state index is -4.34. The van der Waals surface area contributed by atoms with Crippen molar-refractivity contribution in [1.29, 1.82) is 0 Å². The van der Waals surface area contributed by atoms with Gasteiger partial charge in [-0.1, -0.05) is 12.1 Å². The summed E-state index contributed by atoms with van der Waals surface area (Å²) in [6.45, 7) is 0. The van der Waals surface area contributed by atoms with Gasteiger partial charge in [0, 0.05) is 11.4 Å². The summed E-state index contributed by atoms with van der Waals surface area (Å²) in [7, 11) is -6.33. The molecule has 0 saturated carbocycles. The molecule has 29 heavy (non-hydrogen) atoms. The standard InChI is InChI=1S/C17H18N2O8S2/c1-26-16(20)12-5-3-7-14(9-12)18-28(22,23)11-29(24,25)19-15-8-4-6-13(10-15)17(21)27-2/h3-10,18-19H,11H2,1-2H3. The molecule has 2 aromatic carbocycles. The van der Waals surface area contributed by atoms with E-state index in [0.717, 1.165) is 0 Å². The fraction of sp³-hybridized carbons (Fsp3) is 0.176. The van der Waals surface area contributed by atoms with Crippen molar-refractivity contribution in [1.82, 2.24) is 0 Å². The Kier molecular flexibility index (Phi) is 6.82. The molecule has 0 aliphatic rings. The highest BCUT2D eigenvalue weighted by molar-refractivity contribution is 8.09. The molecule has 0 heterocycles. The van der Waals surface area contributed by atoms with Crippen molar-refractivity contribution in [3.8, 4) is 0 Å². The normalized spacial score (nSPS) is 11.4. The number of carbonyl (C=O) groups excluding carboxylic acids is 2. The number of methoxy groups -OCH3 is 2. The maximum absolute atomic E-state index is 12.3. The summed E-state index contributed by atoms with van der Waals surface area (Å²) in [6.07, 6.45) is 0. The number of carbonyl (C=O) groups is 2. The van der Waals surface area contributed by atoms with Crippen LogP contribution in [-0.4, -0.2) is 48.1 Å². The SMILES string of the molecule is COC(=O)c1cccc(NS(=O)(=O)CS(=O)(=O)Nc2cccc(C(=O)OC)c2)c1. The second-order valence-corrected chi connectivity index (χ2v) is 9.51. The van der Waals surface area contributed by atoms with Crippen LogP contribution in [0.25, 0.3) is 0 Å². The van der Waals surface area contributed by atoms with Gasteiger partial charge in [-0.25, -0.2) is 26.4 Å². The van der Waals surface area contributed by atoms with Gasteiger partial charge in [0.15, 0.2) is 5.08 Å². The summed E-state index contributed by atoms with van der Waals surface area (Å²) in [6, 6.07) is 10.8. The van der Waals surface area contributed by atoms with Gasteiger partial charge in [-0.15, -0.1) is 0 Å². The highest BCUT2D eigenvalue weighted by Gasteiger charge is 2.23. The van der Waals surface area contributed by atoms with Crippen LogP contribution in [0.3, 0.4) is 0 Å². The lowest BCUT2D eigenvalue weighted by Gasteiger charge is -2.11. The van der Waals surface area contributed by atoms with Crippen LogP contribution in [0.15, 0.2) is 48.5 Å². The first-order valence-electron chi connectivity index (χ1n) is 7.93. The van der Waals surface area contributed by atoms with Gasteiger partial charge >= 0.3 is 11.9 Å². The number of hydrogen-bond donors (Lipinski definition) is 2. The average molecular weight is 442 g/mol. The van der Waals surface area contributed by atoms with E-state index < -0.39 is 37.1 Å². The summed E-state index contributed by atoms with van der Waals surface area (Å²) in [4.78, 5) is 23.0. The molecule has 2 rings (SSSR count). The van der Waals surface area contributed by atoms with E-state index in [1.54, 1.807) is 0 Å². The third kappa shape index (κ3) is 6.47. The van der Waals surface area contributed by atoms with Crippen LogP contribution < -0.4 is 9.44 Å². The van der Waals surface area contributed by atoms with Gasteiger partial charge < -0.3 is 9.47 Å². The molecule has 2 N–H and O–H groups in total. The molecule has 0 aliphatic heterocycles. The molecule has 0 fully saturated rings. The van der Waals surface area contributed by atoms with E-state index in [1.165, 1.54) is 62.8 Å².